The number of aliphatic carboxylic acids is 1. The van der Waals surface area contributed by atoms with E-state index in [0.717, 1.165) is 15.4 Å². The molecule has 2 aromatic carbocycles. The average molecular weight is 370 g/mol. The Balaban J connectivity index is 2.52. The normalized spacial score (nSPS) is 14.2. The van der Waals surface area contributed by atoms with E-state index in [4.69, 9.17) is 0 Å². The van der Waals surface area contributed by atoms with Crippen LogP contribution >= 0.6 is 0 Å². The van der Waals surface area contributed by atoms with E-state index >= 15 is 0 Å². The lowest BCUT2D eigenvalue weighted by atomic mass is 10.0. The van der Waals surface area contributed by atoms with Crippen LogP contribution in [0.4, 0.5) is 5.69 Å². The first kappa shape index (κ1) is 19.6. The van der Waals surface area contributed by atoms with Crippen molar-refractivity contribution < 1.29 is 18.7 Å². The van der Waals surface area contributed by atoms with Crippen LogP contribution < -0.4 is 4.31 Å². The van der Waals surface area contributed by atoms with Crippen LogP contribution in [-0.4, -0.2) is 25.9 Å². The number of allylic oxidation sites excluding steroid dienone is 1. The molecule has 2 rings (SSSR count). The van der Waals surface area contributed by atoms with Gasteiger partial charge in [0.05, 0.1) is 11.6 Å². The summed E-state index contributed by atoms with van der Waals surface area (Å²) < 4.78 is 25.0. The summed E-state index contributed by atoms with van der Waals surface area (Å²) in [5.74, 6) is -1.17. The van der Waals surface area contributed by atoms with Gasteiger partial charge in [0.15, 0.2) is 0 Å². The van der Waals surface area contributed by atoms with Gasteiger partial charge in [-0.15, -0.1) is 0 Å². The van der Waals surface area contributed by atoms with Gasteiger partial charge in [-0.05, 0) is 31.5 Å². The van der Waals surface area contributed by atoms with Crippen molar-refractivity contribution in [3.8, 4) is 0 Å². The summed E-state index contributed by atoms with van der Waals surface area (Å²) in [4.78, 5) is 11.7. The lowest BCUT2D eigenvalue weighted by Crippen LogP contribution is -2.39. The summed E-state index contributed by atoms with van der Waals surface area (Å²) in [5, 5.41) is 9.53. The first-order chi connectivity index (χ1) is 12.4. The van der Waals surface area contributed by atoms with Crippen molar-refractivity contribution >= 4 is 29.0 Å². The minimum absolute atomic E-state index is 0.0260. The largest absolute Gasteiger partial charge is 0.755 e. The third-order valence-corrected chi connectivity index (χ3v) is 4.61. The number of hydrogen-bond acceptors (Lipinski definition) is 3. The van der Waals surface area contributed by atoms with E-state index in [2.05, 4.69) is 0 Å². The van der Waals surface area contributed by atoms with Crippen LogP contribution in [0.3, 0.4) is 0 Å². The Labute approximate surface area is 155 Å². The number of hydrogen-bond donors (Lipinski definition) is 1. The van der Waals surface area contributed by atoms with E-state index in [1.54, 1.807) is 43.3 Å². The molecule has 0 heterocycles. The second kappa shape index (κ2) is 9.12. The van der Waals surface area contributed by atoms with E-state index in [-0.39, 0.29) is 5.57 Å². The van der Waals surface area contributed by atoms with Gasteiger partial charge in [0.25, 0.3) is 0 Å². The fourth-order valence-corrected chi connectivity index (χ4v) is 3.19. The molecule has 0 radical (unpaired) electrons. The topological polar surface area (TPSA) is 80.7 Å². The highest BCUT2D eigenvalue weighted by molar-refractivity contribution is 7.80. The minimum Gasteiger partial charge on any atom is -0.755 e. The van der Waals surface area contributed by atoms with Gasteiger partial charge in [0.1, 0.15) is 0 Å². The zero-order valence-electron chi connectivity index (χ0n) is 14.5. The van der Waals surface area contributed by atoms with Crippen molar-refractivity contribution in [2.45, 2.75) is 19.9 Å². The van der Waals surface area contributed by atoms with Crippen molar-refractivity contribution in [1.82, 2.24) is 0 Å². The third-order valence-electron chi connectivity index (χ3n) is 3.85. The molecule has 0 aliphatic rings. The predicted molar refractivity (Wildman–Crippen MR) is 103 cm³/mol. The fraction of sp³-hybridized carbons (Fsp3) is 0.150. The molecular weight excluding hydrogens is 350 g/mol. The van der Waals surface area contributed by atoms with Gasteiger partial charge < -0.3 is 9.66 Å². The summed E-state index contributed by atoms with van der Waals surface area (Å²) in [6.45, 7) is 3.47. The Morgan fingerprint density at radius 3 is 2.27 bits per heavy atom. The van der Waals surface area contributed by atoms with Crippen LogP contribution in [-0.2, 0) is 16.1 Å². The number of nitrogens with zero attached hydrogens (tertiary/aromatic N) is 1. The third kappa shape index (κ3) is 4.91. The van der Waals surface area contributed by atoms with Crippen molar-refractivity contribution in [3.63, 3.8) is 0 Å². The second-order valence-corrected chi connectivity index (χ2v) is 6.47. The summed E-state index contributed by atoms with van der Waals surface area (Å²) in [6.07, 6.45) is 4.70. The van der Waals surface area contributed by atoms with Crippen LogP contribution in [0.25, 0.3) is 6.08 Å². The molecule has 2 unspecified atom stereocenters. The first-order valence-electron chi connectivity index (χ1n) is 8.02. The van der Waals surface area contributed by atoms with Crippen LogP contribution in [0.5, 0.6) is 0 Å². The number of anilines is 1. The Morgan fingerprint density at radius 2 is 1.77 bits per heavy atom. The SMILES string of the molecule is CC=C(C(=O)O)C(C=Cc1ccccc1)N(c1ccc(C)cc1)S(=O)[O-]. The van der Waals surface area contributed by atoms with Gasteiger partial charge in [0.2, 0.25) is 0 Å². The van der Waals surface area contributed by atoms with Gasteiger partial charge in [-0.25, -0.2) is 4.79 Å². The number of carbonyl (C=O) groups is 1. The zero-order chi connectivity index (χ0) is 19.1. The highest BCUT2D eigenvalue weighted by atomic mass is 32.2. The number of carboxylic acids is 1. The van der Waals surface area contributed by atoms with Crippen LogP contribution in [0.15, 0.2) is 72.3 Å². The Morgan fingerprint density at radius 1 is 1.15 bits per heavy atom. The lowest BCUT2D eigenvalue weighted by molar-refractivity contribution is -0.132. The van der Waals surface area contributed by atoms with E-state index in [9.17, 15) is 18.7 Å². The average Bonchev–Trinajstić information content (AvgIpc) is 2.62. The lowest BCUT2D eigenvalue weighted by Gasteiger charge is -2.33. The number of benzene rings is 2. The summed E-state index contributed by atoms with van der Waals surface area (Å²) in [5.41, 5.74) is 2.19. The molecule has 0 aromatic heterocycles. The molecule has 0 saturated carbocycles. The fourth-order valence-electron chi connectivity index (χ4n) is 2.53. The van der Waals surface area contributed by atoms with Crippen molar-refractivity contribution in [1.29, 1.82) is 0 Å². The van der Waals surface area contributed by atoms with Crippen LogP contribution in [0.2, 0.25) is 0 Å². The molecule has 0 fully saturated rings. The Bertz CT molecular complexity index is 829. The molecule has 26 heavy (non-hydrogen) atoms. The molecule has 2 atom stereocenters. The van der Waals surface area contributed by atoms with Crippen molar-refractivity contribution in [2.75, 3.05) is 4.31 Å². The number of rotatable bonds is 7. The van der Waals surface area contributed by atoms with Gasteiger partial charge >= 0.3 is 5.97 Å². The molecule has 5 nitrogen and oxygen atoms in total. The maximum Gasteiger partial charge on any atom is 0.333 e. The van der Waals surface area contributed by atoms with Crippen molar-refractivity contribution in [2.24, 2.45) is 0 Å². The monoisotopic (exact) mass is 370 g/mol. The molecule has 2 aromatic rings. The predicted octanol–water partition coefficient (Wildman–Crippen LogP) is 3.71. The minimum atomic E-state index is -2.66. The molecule has 0 spiro atoms. The molecule has 0 aliphatic carbocycles. The van der Waals surface area contributed by atoms with E-state index in [1.807, 2.05) is 37.3 Å². The van der Waals surface area contributed by atoms with Crippen LogP contribution in [0.1, 0.15) is 18.1 Å². The van der Waals surface area contributed by atoms with Crippen LogP contribution in [0, 0.1) is 6.92 Å². The molecular formula is C20H20NO4S-. The van der Waals surface area contributed by atoms with Gasteiger partial charge in [-0.1, -0.05) is 66.3 Å². The summed E-state index contributed by atoms with van der Waals surface area (Å²) in [7, 11) is 0. The highest BCUT2D eigenvalue weighted by Gasteiger charge is 2.25. The molecule has 0 amide bonds. The Kier molecular flexibility index (Phi) is 6.89. The molecule has 0 saturated heterocycles. The molecule has 0 bridgehead atoms. The summed E-state index contributed by atoms with van der Waals surface area (Å²) in [6, 6.07) is 15.2. The highest BCUT2D eigenvalue weighted by Crippen LogP contribution is 2.25. The van der Waals surface area contributed by atoms with E-state index in [0.29, 0.717) is 5.69 Å². The first-order valence-corrected chi connectivity index (χ1v) is 9.05. The molecule has 0 aliphatic heterocycles. The standard InChI is InChI=1S/C20H21NO4S/c1-3-18(20(22)23)19(14-11-16-7-5-4-6-8-16)21(26(24)25)17-12-9-15(2)10-13-17/h3-14,19H,1-2H3,(H,22,23)(H,24,25)/p-1. The summed E-state index contributed by atoms with van der Waals surface area (Å²) >= 11 is -2.66. The molecule has 6 heteroatoms. The Hall–Kier alpha value is -2.70. The van der Waals surface area contributed by atoms with Crippen molar-refractivity contribution in [3.05, 3.63) is 83.4 Å². The van der Waals surface area contributed by atoms with Gasteiger partial charge in [-0.3, -0.25) is 8.51 Å². The van der Waals surface area contributed by atoms with Gasteiger partial charge in [-0.2, -0.15) is 0 Å². The molecule has 136 valence electrons. The zero-order valence-corrected chi connectivity index (χ0v) is 15.3. The quantitative estimate of drug-likeness (QED) is 0.595. The smallest absolute Gasteiger partial charge is 0.333 e. The number of carboxylic acid groups (broad SMARTS) is 1. The van der Waals surface area contributed by atoms with E-state index < -0.39 is 23.3 Å². The second-order valence-electron chi connectivity index (χ2n) is 5.64. The van der Waals surface area contributed by atoms with E-state index in [1.165, 1.54) is 6.08 Å². The van der Waals surface area contributed by atoms with Gasteiger partial charge in [0, 0.05) is 17.0 Å². The maximum atomic E-state index is 12.0. The number of aryl methyl sites for hydroxylation is 1. The maximum absolute atomic E-state index is 12.0. The molecule has 1 N–H and O–H groups in total.